The van der Waals surface area contributed by atoms with Crippen LogP contribution in [0.2, 0.25) is 0 Å². The number of nitrogens with zero attached hydrogens (tertiary/aromatic N) is 4. The van der Waals surface area contributed by atoms with E-state index in [4.69, 9.17) is 0 Å². The molecule has 1 atom stereocenters. The molecule has 116 valence electrons. The standard InChI is InChI=1S/C16H20N4OS/c1-9-7-11(3)14(8-10(9)2)15(21)12(4)22-16-17-18-19-20(16)13-5-6-13/h7-8,12-13H,5-6H2,1-4H3. The highest BCUT2D eigenvalue weighted by Gasteiger charge is 2.29. The fraction of sp³-hybridized carbons (Fsp3) is 0.500. The molecule has 1 saturated carbocycles. The zero-order valence-electron chi connectivity index (χ0n) is 13.3. The monoisotopic (exact) mass is 316 g/mol. The van der Waals surface area contributed by atoms with Crippen LogP contribution in [0.25, 0.3) is 0 Å². The Morgan fingerprint density at radius 1 is 1.23 bits per heavy atom. The van der Waals surface area contributed by atoms with E-state index in [1.807, 2.05) is 31.5 Å². The summed E-state index contributed by atoms with van der Waals surface area (Å²) in [6.45, 7) is 8.02. The summed E-state index contributed by atoms with van der Waals surface area (Å²) in [6, 6.07) is 4.49. The van der Waals surface area contributed by atoms with Gasteiger partial charge in [0.1, 0.15) is 0 Å². The average Bonchev–Trinajstić information content (AvgIpc) is 3.22. The van der Waals surface area contributed by atoms with Gasteiger partial charge in [0.15, 0.2) is 5.78 Å². The Bertz CT molecular complexity index is 721. The number of aromatic nitrogens is 4. The van der Waals surface area contributed by atoms with Crippen molar-refractivity contribution in [1.29, 1.82) is 0 Å². The lowest BCUT2D eigenvalue weighted by Gasteiger charge is -2.13. The molecule has 0 spiro atoms. The van der Waals surface area contributed by atoms with Crippen LogP contribution in [0, 0.1) is 20.8 Å². The van der Waals surface area contributed by atoms with E-state index in [1.165, 1.54) is 17.3 Å². The molecule has 1 fully saturated rings. The van der Waals surface area contributed by atoms with Crippen molar-refractivity contribution >= 4 is 17.5 Å². The number of ketones is 1. The smallest absolute Gasteiger partial charge is 0.210 e. The first-order valence-electron chi connectivity index (χ1n) is 7.54. The van der Waals surface area contributed by atoms with E-state index in [-0.39, 0.29) is 11.0 Å². The molecule has 22 heavy (non-hydrogen) atoms. The Hall–Kier alpha value is -1.69. The second-order valence-corrected chi connectivity index (χ2v) is 7.32. The number of carbonyl (C=O) groups excluding carboxylic acids is 1. The number of carbonyl (C=O) groups is 1. The zero-order valence-corrected chi connectivity index (χ0v) is 14.1. The van der Waals surface area contributed by atoms with Crippen LogP contribution in [0.3, 0.4) is 0 Å². The van der Waals surface area contributed by atoms with Gasteiger partial charge >= 0.3 is 0 Å². The molecule has 6 heteroatoms. The van der Waals surface area contributed by atoms with Gasteiger partial charge in [0, 0.05) is 5.56 Å². The number of Topliss-reactive ketones (excluding diaryl/α,β-unsaturated/α-hetero) is 1. The van der Waals surface area contributed by atoms with Gasteiger partial charge in [-0.2, -0.15) is 0 Å². The maximum absolute atomic E-state index is 12.8. The third kappa shape index (κ3) is 2.92. The molecule has 0 bridgehead atoms. The molecule has 3 rings (SSSR count). The molecule has 0 saturated heterocycles. The number of thioether (sulfide) groups is 1. The van der Waals surface area contributed by atoms with E-state index in [0.29, 0.717) is 6.04 Å². The highest BCUT2D eigenvalue weighted by atomic mass is 32.2. The minimum Gasteiger partial charge on any atom is -0.293 e. The van der Waals surface area contributed by atoms with Crippen LogP contribution in [-0.4, -0.2) is 31.2 Å². The molecule has 2 aromatic rings. The number of tetrazole rings is 1. The van der Waals surface area contributed by atoms with Gasteiger partial charge in [0.2, 0.25) is 5.16 Å². The van der Waals surface area contributed by atoms with Gasteiger partial charge in [0.25, 0.3) is 0 Å². The number of aryl methyl sites for hydroxylation is 3. The maximum Gasteiger partial charge on any atom is 0.210 e. The van der Waals surface area contributed by atoms with Gasteiger partial charge in [-0.25, -0.2) is 4.68 Å². The molecular weight excluding hydrogens is 296 g/mol. The molecule has 5 nitrogen and oxygen atoms in total. The van der Waals surface area contributed by atoms with Crippen LogP contribution in [0.5, 0.6) is 0 Å². The summed E-state index contributed by atoms with van der Waals surface area (Å²) in [4.78, 5) is 12.8. The molecular formula is C16H20N4OS. The summed E-state index contributed by atoms with van der Waals surface area (Å²) in [5.41, 5.74) is 4.19. The third-order valence-electron chi connectivity index (χ3n) is 4.11. The van der Waals surface area contributed by atoms with E-state index in [0.717, 1.165) is 34.7 Å². The second kappa shape index (κ2) is 5.83. The molecule has 0 radical (unpaired) electrons. The first-order chi connectivity index (χ1) is 10.5. The summed E-state index contributed by atoms with van der Waals surface area (Å²) in [7, 11) is 0. The molecule has 1 aromatic heterocycles. The van der Waals surface area contributed by atoms with Gasteiger partial charge in [-0.05, 0) is 73.7 Å². The molecule has 0 amide bonds. The molecule has 1 aliphatic rings. The quantitative estimate of drug-likeness (QED) is 0.625. The summed E-state index contributed by atoms with van der Waals surface area (Å²) in [5.74, 6) is 0.135. The molecule has 1 aliphatic carbocycles. The maximum atomic E-state index is 12.8. The second-order valence-electron chi connectivity index (χ2n) is 6.01. The normalized spacial score (nSPS) is 15.8. The van der Waals surface area contributed by atoms with Crippen LogP contribution >= 0.6 is 11.8 Å². The van der Waals surface area contributed by atoms with Crippen molar-refractivity contribution in [2.75, 3.05) is 0 Å². The van der Waals surface area contributed by atoms with E-state index in [2.05, 4.69) is 28.5 Å². The van der Waals surface area contributed by atoms with Crippen molar-refractivity contribution in [2.24, 2.45) is 0 Å². The highest BCUT2D eigenvalue weighted by molar-refractivity contribution is 8.00. The first kappa shape index (κ1) is 15.2. The van der Waals surface area contributed by atoms with Crippen molar-refractivity contribution in [3.63, 3.8) is 0 Å². The first-order valence-corrected chi connectivity index (χ1v) is 8.42. The molecule has 0 aliphatic heterocycles. The summed E-state index contributed by atoms with van der Waals surface area (Å²) in [6.07, 6.45) is 2.24. The Morgan fingerprint density at radius 3 is 2.59 bits per heavy atom. The van der Waals surface area contributed by atoms with Gasteiger partial charge < -0.3 is 0 Å². The van der Waals surface area contributed by atoms with Crippen molar-refractivity contribution in [2.45, 2.75) is 57.0 Å². The summed E-state index contributed by atoms with van der Waals surface area (Å²) in [5, 5.41) is 12.4. The number of benzene rings is 1. The van der Waals surface area contributed by atoms with Crippen molar-refractivity contribution in [3.8, 4) is 0 Å². The summed E-state index contributed by atoms with van der Waals surface area (Å²) < 4.78 is 1.85. The Labute approximate surface area is 134 Å². The number of hydrogen-bond donors (Lipinski definition) is 0. The third-order valence-corrected chi connectivity index (χ3v) is 5.16. The van der Waals surface area contributed by atoms with Gasteiger partial charge in [-0.1, -0.05) is 17.8 Å². The van der Waals surface area contributed by atoms with Crippen LogP contribution < -0.4 is 0 Å². The SMILES string of the molecule is Cc1cc(C)c(C(=O)C(C)Sc2nnnn2C2CC2)cc1C. The predicted molar refractivity (Wildman–Crippen MR) is 86.4 cm³/mol. The van der Waals surface area contributed by atoms with Crippen molar-refractivity contribution in [3.05, 3.63) is 34.4 Å². The van der Waals surface area contributed by atoms with Crippen molar-refractivity contribution in [1.82, 2.24) is 20.2 Å². The lowest BCUT2D eigenvalue weighted by molar-refractivity contribution is 0.0993. The lowest BCUT2D eigenvalue weighted by atomic mass is 9.97. The Kier molecular flexibility index (Phi) is 4.04. The fourth-order valence-corrected chi connectivity index (χ4v) is 3.40. The van der Waals surface area contributed by atoms with E-state index in [9.17, 15) is 4.79 Å². The number of rotatable bonds is 5. The van der Waals surface area contributed by atoms with E-state index >= 15 is 0 Å². The lowest BCUT2D eigenvalue weighted by Crippen LogP contribution is -2.16. The summed E-state index contributed by atoms with van der Waals surface area (Å²) >= 11 is 1.44. The highest BCUT2D eigenvalue weighted by Crippen LogP contribution is 2.37. The molecule has 1 aromatic carbocycles. The largest absolute Gasteiger partial charge is 0.293 e. The van der Waals surface area contributed by atoms with E-state index in [1.54, 1.807) is 0 Å². The van der Waals surface area contributed by atoms with Crippen LogP contribution in [0.15, 0.2) is 17.3 Å². The molecule has 0 N–H and O–H groups in total. The van der Waals surface area contributed by atoms with Crippen LogP contribution in [0.1, 0.15) is 52.9 Å². The van der Waals surface area contributed by atoms with E-state index < -0.39 is 0 Å². The number of hydrogen-bond acceptors (Lipinski definition) is 5. The minimum absolute atomic E-state index is 0.135. The Balaban J connectivity index is 1.79. The molecule has 1 unspecified atom stereocenters. The fourth-order valence-electron chi connectivity index (χ4n) is 2.47. The predicted octanol–water partition coefficient (Wildman–Crippen LogP) is 3.30. The van der Waals surface area contributed by atoms with Gasteiger partial charge in [-0.15, -0.1) is 5.10 Å². The topological polar surface area (TPSA) is 60.7 Å². The zero-order chi connectivity index (χ0) is 15.9. The van der Waals surface area contributed by atoms with Gasteiger partial charge in [-0.3, -0.25) is 4.79 Å². The molecule has 1 heterocycles. The Morgan fingerprint density at radius 2 is 1.91 bits per heavy atom. The van der Waals surface area contributed by atoms with Gasteiger partial charge in [0.05, 0.1) is 11.3 Å². The van der Waals surface area contributed by atoms with Crippen molar-refractivity contribution < 1.29 is 4.79 Å². The van der Waals surface area contributed by atoms with Crippen LogP contribution in [0.4, 0.5) is 0 Å². The minimum atomic E-state index is -0.204. The average molecular weight is 316 g/mol. The van der Waals surface area contributed by atoms with Crippen LogP contribution in [-0.2, 0) is 0 Å².